The zero-order chi connectivity index (χ0) is 51.9. The molecule has 5 N–H and O–H groups in total. The number of fused-ring (bicyclic) bond motifs is 2. The van der Waals surface area contributed by atoms with Crippen molar-refractivity contribution in [3.05, 3.63) is 185 Å². The van der Waals surface area contributed by atoms with Crippen molar-refractivity contribution < 1.29 is 65.2 Å². The van der Waals surface area contributed by atoms with Crippen molar-refractivity contribution in [3.8, 4) is 23.3 Å². The molecule has 0 unspecified atom stereocenters. The van der Waals surface area contributed by atoms with E-state index in [-0.39, 0.29) is 55.2 Å². The van der Waals surface area contributed by atoms with Gasteiger partial charge in [0.25, 0.3) is 11.8 Å². The lowest BCUT2D eigenvalue weighted by Crippen LogP contribution is -2.33. The maximum absolute atomic E-state index is 13.5. The fourth-order valence-corrected chi connectivity index (χ4v) is 7.13. The number of rotatable bonds is 11. The van der Waals surface area contributed by atoms with E-state index in [4.69, 9.17) is 34.2 Å². The number of imidazole rings is 1. The monoisotopic (exact) mass is 1040 g/mol. The Bertz CT molecular complexity index is 3080. The molecule has 386 valence electrons. The number of pyridine rings is 2. The standard InChI is InChI=1S/C24H21F2N3O5.C16H14F2N2O2.C11H11N3O3.ClH/c1-32-21-7-2-4-15(27-21)13-34-24(31)29-20-10-11-33-22-16(20)5-3-6-17(22)23(30)28-14-8-9-18(25)19(26)12-14;17-12-5-4-9(8-13(12)18)20-16(21)11-3-1-2-10-14(19)6-7-22-15(10)11;1-16-10-4-2-3-9(13-10)7-17-11(15)14-6-5-12-8-14;/h2-9,12,20H,10-11,13H2,1H3,(H,28,30)(H,29,31);1-5,8,14H,6-7,19H2,(H,20,21);2-6,8H,7H2,1H3;1H/t20-;14-;;/m00../s1. The largest absolute Gasteiger partial charge is 0.492 e. The summed E-state index contributed by atoms with van der Waals surface area (Å²) in [5, 5.41) is 7.83. The van der Waals surface area contributed by atoms with E-state index in [0.29, 0.717) is 65.2 Å². The number of benzene rings is 4. The van der Waals surface area contributed by atoms with Crippen molar-refractivity contribution in [2.75, 3.05) is 38.1 Å². The molecule has 74 heavy (non-hydrogen) atoms. The number of carbonyl (C=O) groups excluding carboxylic acids is 4. The molecule has 0 radical (unpaired) electrons. The third-order valence-electron chi connectivity index (χ3n) is 10.7. The van der Waals surface area contributed by atoms with E-state index in [1.54, 1.807) is 66.7 Å². The summed E-state index contributed by atoms with van der Waals surface area (Å²) in [4.78, 5) is 61.0. The van der Waals surface area contributed by atoms with Gasteiger partial charge in [0, 0.05) is 78.0 Å². The van der Waals surface area contributed by atoms with Crippen LogP contribution >= 0.6 is 12.4 Å². The van der Waals surface area contributed by atoms with Crippen LogP contribution in [0.25, 0.3) is 0 Å². The number of nitrogens with two attached hydrogens (primary N) is 1. The van der Waals surface area contributed by atoms with E-state index in [2.05, 4.69) is 30.9 Å². The van der Waals surface area contributed by atoms with Gasteiger partial charge in [0.1, 0.15) is 31.0 Å². The Kier molecular flexibility index (Phi) is 19.2. The maximum atomic E-state index is 13.5. The predicted octanol–water partition coefficient (Wildman–Crippen LogP) is 9.26. The van der Waals surface area contributed by atoms with Crippen LogP contribution in [0.15, 0.2) is 128 Å². The first kappa shape index (κ1) is 54.6. The van der Waals surface area contributed by atoms with Gasteiger partial charge in [0.2, 0.25) is 11.8 Å². The van der Waals surface area contributed by atoms with Crippen molar-refractivity contribution in [2.24, 2.45) is 5.73 Å². The smallest absolute Gasteiger partial charge is 0.419 e. The summed E-state index contributed by atoms with van der Waals surface area (Å²) in [6.07, 6.45) is 4.40. The summed E-state index contributed by atoms with van der Waals surface area (Å²) < 4.78 is 85.6. The van der Waals surface area contributed by atoms with Gasteiger partial charge in [-0.15, -0.1) is 12.4 Å². The molecular weight excluding hydrogens is 996 g/mol. The Balaban J connectivity index is 0.000000192. The number of carbonyl (C=O) groups is 4. The Labute approximate surface area is 426 Å². The number of anilines is 2. The first-order chi connectivity index (χ1) is 35.3. The molecule has 0 saturated heterocycles. The normalized spacial score (nSPS) is 13.8. The highest BCUT2D eigenvalue weighted by Crippen LogP contribution is 2.36. The number of ether oxygens (including phenoxy) is 6. The number of hydrogen-bond donors (Lipinski definition) is 4. The van der Waals surface area contributed by atoms with Gasteiger partial charge in [0.15, 0.2) is 23.3 Å². The van der Waals surface area contributed by atoms with Gasteiger partial charge in [-0.05, 0) is 48.5 Å². The molecule has 7 aromatic rings. The lowest BCUT2D eigenvalue weighted by Gasteiger charge is -2.27. The summed E-state index contributed by atoms with van der Waals surface area (Å²) in [5.41, 5.74) is 9.30. The van der Waals surface area contributed by atoms with Crippen LogP contribution in [0.1, 0.15) is 68.2 Å². The van der Waals surface area contributed by atoms with Crippen molar-refractivity contribution >= 4 is 47.8 Å². The van der Waals surface area contributed by atoms with Gasteiger partial charge in [-0.25, -0.2) is 46.7 Å². The second kappa shape index (κ2) is 26.1. The third kappa shape index (κ3) is 14.4. The number of nitrogens with one attached hydrogen (secondary N) is 3. The van der Waals surface area contributed by atoms with Crippen LogP contribution < -0.4 is 40.6 Å². The van der Waals surface area contributed by atoms with E-state index < -0.39 is 53.3 Å². The van der Waals surface area contributed by atoms with Crippen LogP contribution in [0, 0.1) is 23.3 Å². The quantitative estimate of drug-likeness (QED) is 0.0886. The van der Waals surface area contributed by atoms with Crippen LogP contribution in [0.5, 0.6) is 23.3 Å². The Morgan fingerprint density at radius 2 is 1.18 bits per heavy atom. The number of halogens is 5. The Morgan fingerprint density at radius 3 is 1.70 bits per heavy atom. The molecule has 0 bridgehead atoms. The molecule has 0 spiro atoms. The van der Waals surface area contributed by atoms with Crippen LogP contribution in [-0.2, 0) is 22.7 Å². The van der Waals surface area contributed by atoms with Crippen LogP contribution in [0.4, 0.5) is 38.5 Å². The number of hydrogen-bond acceptors (Lipinski definition) is 14. The van der Waals surface area contributed by atoms with Crippen molar-refractivity contribution in [2.45, 2.75) is 38.1 Å². The van der Waals surface area contributed by atoms with E-state index in [0.717, 1.165) is 29.8 Å². The van der Waals surface area contributed by atoms with Gasteiger partial charge >= 0.3 is 12.2 Å². The average molecular weight is 1040 g/mol. The number of nitrogens with zero attached hydrogens (tertiary/aromatic N) is 4. The average Bonchev–Trinajstić information content (AvgIpc) is 3.96. The topological polar surface area (TPSA) is 229 Å². The Hall–Kier alpha value is -8.76. The maximum Gasteiger partial charge on any atom is 0.419 e. The highest BCUT2D eigenvalue weighted by Gasteiger charge is 2.28. The van der Waals surface area contributed by atoms with E-state index in [1.807, 2.05) is 6.07 Å². The zero-order valence-electron chi connectivity index (χ0n) is 39.4. The fourth-order valence-electron chi connectivity index (χ4n) is 7.13. The fraction of sp³-hybridized carbons (Fsp3) is 0.196. The third-order valence-corrected chi connectivity index (χ3v) is 10.7. The molecule has 2 atom stereocenters. The molecule has 2 aliphatic heterocycles. The number of methoxy groups -OCH3 is 2. The second-order valence-electron chi connectivity index (χ2n) is 15.6. The summed E-state index contributed by atoms with van der Waals surface area (Å²) in [5.74, 6) is -3.45. The van der Waals surface area contributed by atoms with Gasteiger partial charge < -0.3 is 50.1 Å². The first-order valence-corrected chi connectivity index (χ1v) is 22.2. The number of alkyl carbamates (subject to hydrolysis) is 1. The second-order valence-corrected chi connectivity index (χ2v) is 15.6. The molecule has 18 nitrogen and oxygen atoms in total. The SMILES string of the molecule is COc1cccc(COC(=O)N[C@H]2CCOc3c(C(=O)Nc4ccc(F)c(F)c4)cccc32)n1.COc1cccc(COC(=O)n2ccnc2)n1.Cl.N[C@H]1CCOc2c(C(=O)Nc3ccc(F)c(F)c3)cccc21. The van der Waals surface area contributed by atoms with Crippen molar-refractivity contribution in [1.82, 2.24) is 24.8 Å². The molecule has 9 rings (SSSR count). The van der Waals surface area contributed by atoms with Crippen LogP contribution in [0.3, 0.4) is 0 Å². The molecule has 3 aromatic heterocycles. The number of amides is 3. The van der Waals surface area contributed by atoms with Gasteiger partial charge in [0.05, 0.1) is 56.0 Å². The molecule has 3 amide bonds. The zero-order valence-corrected chi connectivity index (χ0v) is 40.2. The van der Waals surface area contributed by atoms with Crippen LogP contribution in [-0.4, -0.2) is 71.0 Å². The Morgan fingerprint density at radius 1 is 0.662 bits per heavy atom. The van der Waals surface area contributed by atoms with Crippen molar-refractivity contribution in [3.63, 3.8) is 0 Å². The summed E-state index contributed by atoms with van der Waals surface area (Å²) in [7, 11) is 3.03. The summed E-state index contributed by atoms with van der Waals surface area (Å²) in [6, 6.07) is 26.1. The molecule has 23 heteroatoms. The minimum absolute atomic E-state index is 0. The molecule has 0 fully saturated rings. The van der Waals surface area contributed by atoms with Crippen molar-refractivity contribution in [1.29, 1.82) is 0 Å². The van der Waals surface area contributed by atoms with Crippen LogP contribution in [0.2, 0.25) is 0 Å². The van der Waals surface area contributed by atoms with E-state index >= 15 is 0 Å². The lowest BCUT2D eigenvalue weighted by molar-refractivity contribution is 0.101. The van der Waals surface area contributed by atoms with Gasteiger partial charge in [-0.3, -0.25) is 9.59 Å². The summed E-state index contributed by atoms with van der Waals surface area (Å²) in [6.45, 7) is 0.735. The first-order valence-electron chi connectivity index (χ1n) is 22.2. The van der Waals surface area contributed by atoms with Gasteiger partial charge in [-0.2, -0.15) is 0 Å². The molecule has 2 aliphatic rings. The lowest BCUT2D eigenvalue weighted by atomic mass is 9.97. The highest BCUT2D eigenvalue weighted by molar-refractivity contribution is 6.07. The molecule has 5 heterocycles. The minimum atomic E-state index is -1.07. The molecule has 4 aromatic carbocycles. The molecule has 0 saturated carbocycles. The van der Waals surface area contributed by atoms with E-state index in [1.165, 1.54) is 49.6 Å². The molecular formula is C51H47ClF4N8O10. The highest BCUT2D eigenvalue weighted by atomic mass is 35.5. The van der Waals surface area contributed by atoms with Gasteiger partial charge in [-0.1, -0.05) is 36.4 Å². The van der Waals surface area contributed by atoms with E-state index in [9.17, 15) is 36.7 Å². The summed E-state index contributed by atoms with van der Waals surface area (Å²) >= 11 is 0. The minimum Gasteiger partial charge on any atom is -0.492 e. The molecule has 0 aliphatic carbocycles. The number of aromatic nitrogens is 4. The predicted molar refractivity (Wildman–Crippen MR) is 261 cm³/mol. The number of para-hydroxylation sites is 2.